The predicted octanol–water partition coefficient (Wildman–Crippen LogP) is 4.91. The Labute approximate surface area is 171 Å². The maximum atomic E-state index is 12.0. The van der Waals surface area contributed by atoms with Gasteiger partial charge in [-0.1, -0.05) is 60.7 Å². The first-order valence-electron chi connectivity index (χ1n) is 9.51. The smallest absolute Gasteiger partial charge is 0.244 e. The molecular weight excluding hydrogens is 362 g/mol. The van der Waals surface area contributed by atoms with E-state index in [-0.39, 0.29) is 5.91 Å². The lowest BCUT2D eigenvalue weighted by Crippen LogP contribution is -2.20. The van der Waals surface area contributed by atoms with E-state index in [2.05, 4.69) is 18.3 Å². The first-order chi connectivity index (χ1) is 14.2. The van der Waals surface area contributed by atoms with E-state index in [1.807, 2.05) is 66.7 Å². The maximum Gasteiger partial charge on any atom is 0.244 e. The average Bonchev–Trinajstić information content (AvgIpc) is 2.76. The Morgan fingerprint density at radius 3 is 2.48 bits per heavy atom. The molecule has 0 radical (unpaired) electrons. The van der Waals surface area contributed by atoms with E-state index < -0.39 is 0 Å². The van der Waals surface area contributed by atoms with Crippen LogP contribution in [0.15, 0.2) is 78.9 Å². The second-order valence-corrected chi connectivity index (χ2v) is 6.66. The zero-order valence-electron chi connectivity index (χ0n) is 16.7. The number of carbonyl (C=O) groups is 1. The Balaban J connectivity index is 1.59. The first-order valence-corrected chi connectivity index (χ1v) is 9.51. The van der Waals surface area contributed by atoms with E-state index in [9.17, 15) is 4.79 Å². The highest BCUT2D eigenvalue weighted by molar-refractivity contribution is 5.91. The van der Waals surface area contributed by atoms with Gasteiger partial charge in [0.2, 0.25) is 5.91 Å². The molecule has 0 aliphatic rings. The number of ether oxygens (including phenoxy) is 2. The summed E-state index contributed by atoms with van der Waals surface area (Å²) in [6.07, 6.45) is 3.28. The van der Waals surface area contributed by atoms with Gasteiger partial charge in [0.05, 0.1) is 7.11 Å². The van der Waals surface area contributed by atoms with Crippen LogP contribution in [0.2, 0.25) is 0 Å². The van der Waals surface area contributed by atoms with Crippen molar-refractivity contribution in [2.24, 2.45) is 0 Å². The van der Waals surface area contributed by atoms with Gasteiger partial charge in [-0.25, -0.2) is 0 Å². The molecule has 0 atom stereocenters. The zero-order chi connectivity index (χ0) is 20.5. The van der Waals surface area contributed by atoms with Crippen LogP contribution in [-0.4, -0.2) is 13.0 Å². The number of hydrogen-bond acceptors (Lipinski definition) is 3. The Morgan fingerprint density at radius 2 is 1.72 bits per heavy atom. The van der Waals surface area contributed by atoms with Crippen LogP contribution in [0.5, 0.6) is 11.5 Å². The summed E-state index contributed by atoms with van der Waals surface area (Å²) in [7, 11) is 1.61. The van der Waals surface area contributed by atoms with Gasteiger partial charge in [0.15, 0.2) is 11.5 Å². The fraction of sp³-hybridized carbons (Fsp3) is 0.160. The minimum atomic E-state index is -0.146. The largest absolute Gasteiger partial charge is 0.493 e. The third-order valence-corrected chi connectivity index (χ3v) is 4.57. The van der Waals surface area contributed by atoms with Crippen molar-refractivity contribution in [3.8, 4) is 11.5 Å². The molecule has 0 aromatic heterocycles. The Hall–Kier alpha value is -3.53. The van der Waals surface area contributed by atoms with Crippen molar-refractivity contribution in [2.75, 3.05) is 7.11 Å². The van der Waals surface area contributed by atoms with E-state index in [0.717, 1.165) is 16.7 Å². The summed E-state index contributed by atoms with van der Waals surface area (Å²) in [6, 6.07) is 23.5. The number of rotatable bonds is 8. The molecule has 0 aliphatic heterocycles. The highest BCUT2D eigenvalue weighted by Crippen LogP contribution is 2.29. The topological polar surface area (TPSA) is 47.6 Å². The normalized spacial score (nSPS) is 10.7. The summed E-state index contributed by atoms with van der Waals surface area (Å²) in [5.41, 5.74) is 4.24. The van der Waals surface area contributed by atoms with Gasteiger partial charge in [-0.15, -0.1) is 0 Å². The van der Waals surface area contributed by atoms with E-state index in [0.29, 0.717) is 24.7 Å². The molecular formula is C25H25NO3. The van der Waals surface area contributed by atoms with Crippen LogP contribution in [0.3, 0.4) is 0 Å². The SMILES string of the molecule is COc1cc(/C=C/C(=O)NCc2ccccc2)ccc1OCc1ccccc1C. The quantitative estimate of drug-likeness (QED) is 0.559. The number of methoxy groups -OCH3 is 1. The summed E-state index contributed by atoms with van der Waals surface area (Å²) in [6.45, 7) is 3.03. The third-order valence-electron chi connectivity index (χ3n) is 4.57. The third kappa shape index (κ3) is 5.98. The first kappa shape index (κ1) is 20.2. The van der Waals surface area contributed by atoms with E-state index in [4.69, 9.17) is 9.47 Å². The number of aryl methyl sites for hydroxylation is 1. The highest BCUT2D eigenvalue weighted by atomic mass is 16.5. The average molecular weight is 387 g/mol. The van der Waals surface area contributed by atoms with Gasteiger partial charge < -0.3 is 14.8 Å². The van der Waals surface area contributed by atoms with E-state index in [1.165, 1.54) is 11.6 Å². The Morgan fingerprint density at radius 1 is 0.966 bits per heavy atom. The number of amides is 1. The molecule has 4 heteroatoms. The lowest BCUT2D eigenvalue weighted by molar-refractivity contribution is -0.116. The summed E-state index contributed by atoms with van der Waals surface area (Å²) < 4.78 is 11.4. The number of hydrogen-bond donors (Lipinski definition) is 1. The molecule has 4 nitrogen and oxygen atoms in total. The van der Waals surface area contributed by atoms with Gasteiger partial charge in [-0.05, 0) is 47.4 Å². The van der Waals surface area contributed by atoms with Crippen molar-refractivity contribution >= 4 is 12.0 Å². The fourth-order valence-electron chi connectivity index (χ4n) is 2.85. The summed E-state index contributed by atoms with van der Waals surface area (Å²) >= 11 is 0. The van der Waals surface area contributed by atoms with Crippen LogP contribution in [0, 0.1) is 6.92 Å². The van der Waals surface area contributed by atoms with Crippen molar-refractivity contribution in [3.05, 3.63) is 101 Å². The van der Waals surface area contributed by atoms with E-state index in [1.54, 1.807) is 13.2 Å². The lowest BCUT2D eigenvalue weighted by Gasteiger charge is -2.12. The fourth-order valence-corrected chi connectivity index (χ4v) is 2.85. The maximum absolute atomic E-state index is 12.0. The van der Waals surface area contributed by atoms with Crippen molar-refractivity contribution < 1.29 is 14.3 Å². The molecule has 0 unspecified atom stereocenters. The highest BCUT2D eigenvalue weighted by Gasteiger charge is 2.07. The molecule has 3 rings (SSSR count). The molecule has 0 heterocycles. The molecule has 0 bridgehead atoms. The molecule has 0 saturated heterocycles. The van der Waals surface area contributed by atoms with Crippen molar-refractivity contribution in [1.82, 2.24) is 5.32 Å². The van der Waals surface area contributed by atoms with Gasteiger partial charge in [0.1, 0.15) is 6.61 Å². The number of carbonyl (C=O) groups excluding carboxylic acids is 1. The van der Waals surface area contributed by atoms with Crippen LogP contribution in [-0.2, 0) is 17.9 Å². The molecule has 0 aliphatic carbocycles. The summed E-state index contributed by atoms with van der Waals surface area (Å²) in [5.74, 6) is 1.15. The molecule has 29 heavy (non-hydrogen) atoms. The van der Waals surface area contributed by atoms with Gasteiger partial charge in [-0.3, -0.25) is 4.79 Å². The molecule has 3 aromatic rings. The standard InChI is InChI=1S/C25H25NO3/c1-19-8-6-7-11-22(19)18-29-23-14-12-20(16-24(23)28-2)13-15-25(27)26-17-21-9-4-3-5-10-21/h3-16H,17-18H2,1-2H3,(H,26,27)/b15-13+. The minimum absolute atomic E-state index is 0.146. The molecule has 3 aromatic carbocycles. The predicted molar refractivity (Wildman–Crippen MR) is 116 cm³/mol. The van der Waals surface area contributed by atoms with E-state index >= 15 is 0 Å². The van der Waals surface area contributed by atoms with Gasteiger partial charge in [0, 0.05) is 12.6 Å². The molecule has 0 saturated carbocycles. The van der Waals surface area contributed by atoms with Gasteiger partial charge in [0.25, 0.3) is 0 Å². The lowest BCUT2D eigenvalue weighted by atomic mass is 10.1. The van der Waals surface area contributed by atoms with Crippen LogP contribution in [0.4, 0.5) is 0 Å². The van der Waals surface area contributed by atoms with Crippen LogP contribution < -0.4 is 14.8 Å². The number of nitrogens with one attached hydrogen (secondary N) is 1. The Kier molecular flexibility index (Phi) is 7.06. The zero-order valence-corrected chi connectivity index (χ0v) is 16.7. The monoisotopic (exact) mass is 387 g/mol. The van der Waals surface area contributed by atoms with Crippen LogP contribution >= 0.6 is 0 Å². The van der Waals surface area contributed by atoms with Gasteiger partial charge in [-0.2, -0.15) is 0 Å². The minimum Gasteiger partial charge on any atom is -0.493 e. The van der Waals surface area contributed by atoms with Crippen molar-refractivity contribution in [3.63, 3.8) is 0 Å². The molecule has 148 valence electrons. The second-order valence-electron chi connectivity index (χ2n) is 6.66. The summed E-state index contributed by atoms with van der Waals surface area (Å²) in [4.78, 5) is 12.0. The molecule has 1 N–H and O–H groups in total. The van der Waals surface area contributed by atoms with Crippen LogP contribution in [0.1, 0.15) is 22.3 Å². The molecule has 1 amide bonds. The van der Waals surface area contributed by atoms with Gasteiger partial charge >= 0.3 is 0 Å². The Bertz CT molecular complexity index is 980. The second kappa shape index (κ2) is 10.1. The number of benzene rings is 3. The van der Waals surface area contributed by atoms with Crippen molar-refractivity contribution in [2.45, 2.75) is 20.1 Å². The molecule has 0 fully saturated rings. The van der Waals surface area contributed by atoms with Crippen LogP contribution in [0.25, 0.3) is 6.08 Å². The molecule has 0 spiro atoms. The van der Waals surface area contributed by atoms with Crippen molar-refractivity contribution in [1.29, 1.82) is 0 Å². The summed E-state index contributed by atoms with van der Waals surface area (Å²) in [5, 5.41) is 2.87.